The van der Waals surface area contributed by atoms with Gasteiger partial charge in [0.15, 0.2) is 5.69 Å². The lowest BCUT2D eigenvalue weighted by atomic mass is 10.1. The molecule has 8 nitrogen and oxygen atoms in total. The summed E-state index contributed by atoms with van der Waals surface area (Å²) in [6.07, 6.45) is -5.55. The van der Waals surface area contributed by atoms with Crippen LogP contribution in [0, 0.1) is 0 Å². The van der Waals surface area contributed by atoms with Crippen LogP contribution >= 0.6 is 0 Å². The molecule has 0 unspecified atom stereocenters. The van der Waals surface area contributed by atoms with Crippen LogP contribution in [-0.4, -0.2) is 44.6 Å². The third-order valence-corrected chi connectivity index (χ3v) is 3.68. The van der Waals surface area contributed by atoms with Gasteiger partial charge in [-0.05, 0) is 23.8 Å². The molecule has 3 rings (SSSR count). The Morgan fingerprint density at radius 2 is 1.83 bits per heavy atom. The first-order chi connectivity index (χ1) is 14.2. The van der Waals surface area contributed by atoms with Crippen molar-refractivity contribution in [2.45, 2.75) is 12.6 Å². The Morgan fingerprint density at radius 3 is 2.43 bits per heavy atom. The van der Waals surface area contributed by atoms with Gasteiger partial charge in [-0.2, -0.15) is 32.2 Å². The lowest BCUT2D eigenvalue weighted by molar-refractivity contribution is -0.142. The van der Waals surface area contributed by atoms with Gasteiger partial charge in [-0.1, -0.05) is 12.1 Å². The molecule has 0 aliphatic rings. The number of alkyl halides is 5. The summed E-state index contributed by atoms with van der Waals surface area (Å²) in [5.74, 6) is -1.94. The average molecular weight is 426 g/mol. The van der Waals surface area contributed by atoms with Gasteiger partial charge < -0.3 is 4.42 Å². The summed E-state index contributed by atoms with van der Waals surface area (Å²) in [4.78, 5) is 12.3. The van der Waals surface area contributed by atoms with Crippen LogP contribution in [0.25, 0.3) is 11.5 Å². The van der Waals surface area contributed by atoms with Crippen molar-refractivity contribution in [3.63, 3.8) is 0 Å². The van der Waals surface area contributed by atoms with Crippen molar-refractivity contribution in [1.82, 2.24) is 25.4 Å². The highest BCUT2D eigenvalue weighted by molar-refractivity contribution is 5.95. The number of hydrogen-bond acceptors (Lipinski definition) is 7. The fourth-order valence-corrected chi connectivity index (χ4v) is 2.24. The number of nitrogens with zero attached hydrogens (tertiary/aromatic N) is 6. The van der Waals surface area contributed by atoms with Crippen molar-refractivity contribution >= 4 is 12.1 Å². The second kappa shape index (κ2) is 8.31. The molecule has 2 heterocycles. The highest BCUT2D eigenvalue weighted by Crippen LogP contribution is 2.30. The second-order valence-corrected chi connectivity index (χ2v) is 5.73. The predicted octanol–water partition coefficient (Wildman–Crippen LogP) is 3.59. The number of amides is 1. The normalized spacial score (nSPS) is 12.0. The quantitative estimate of drug-likeness (QED) is 0.351. The number of hydrogen-bond donors (Lipinski definition) is 0. The van der Waals surface area contributed by atoms with Crippen LogP contribution in [0.5, 0.6) is 0 Å². The zero-order chi connectivity index (χ0) is 21.9. The van der Waals surface area contributed by atoms with E-state index in [2.05, 4.69) is 25.5 Å². The molecule has 0 spiro atoms. The lowest BCUT2D eigenvalue weighted by Gasteiger charge is -2.14. The van der Waals surface area contributed by atoms with E-state index in [0.29, 0.717) is 16.1 Å². The van der Waals surface area contributed by atoms with Crippen LogP contribution in [0.4, 0.5) is 22.0 Å². The SMILES string of the molecule is CN(/N=C/c1ccc(-c2nnc(C(F)F)o2)cc1)C(=O)c1ccnnc1C(F)(F)F. The molecule has 0 aliphatic carbocycles. The molecule has 2 aromatic heterocycles. The summed E-state index contributed by atoms with van der Waals surface area (Å²) in [6.45, 7) is 0. The Morgan fingerprint density at radius 1 is 1.13 bits per heavy atom. The van der Waals surface area contributed by atoms with Crippen molar-refractivity contribution in [3.05, 3.63) is 59.2 Å². The summed E-state index contributed by atoms with van der Waals surface area (Å²) >= 11 is 0. The molecule has 0 bridgehead atoms. The molecule has 156 valence electrons. The topological polar surface area (TPSA) is 97.4 Å². The summed E-state index contributed by atoms with van der Waals surface area (Å²) < 4.78 is 68.8. The van der Waals surface area contributed by atoms with E-state index in [0.717, 1.165) is 12.3 Å². The third kappa shape index (κ3) is 4.61. The van der Waals surface area contributed by atoms with Gasteiger partial charge in [0.05, 0.1) is 18.0 Å². The van der Waals surface area contributed by atoms with Crippen molar-refractivity contribution in [2.24, 2.45) is 5.10 Å². The van der Waals surface area contributed by atoms with Crippen LogP contribution in [-0.2, 0) is 6.18 Å². The molecule has 0 N–H and O–H groups in total. The predicted molar refractivity (Wildman–Crippen MR) is 91.4 cm³/mol. The molecular weight excluding hydrogens is 415 g/mol. The molecular formula is C17H11F5N6O2. The maximum atomic E-state index is 13.0. The van der Waals surface area contributed by atoms with Gasteiger partial charge in [-0.15, -0.1) is 15.3 Å². The van der Waals surface area contributed by atoms with Gasteiger partial charge in [0.1, 0.15) is 0 Å². The molecule has 0 saturated heterocycles. The van der Waals surface area contributed by atoms with Crippen molar-refractivity contribution < 1.29 is 31.2 Å². The number of rotatable bonds is 5. The first kappa shape index (κ1) is 21.0. The number of hydrazone groups is 1. The highest BCUT2D eigenvalue weighted by Gasteiger charge is 2.38. The molecule has 1 aromatic carbocycles. The number of carbonyl (C=O) groups is 1. The number of aromatic nitrogens is 4. The Hall–Kier alpha value is -3.77. The first-order valence-electron chi connectivity index (χ1n) is 8.09. The van der Waals surface area contributed by atoms with Gasteiger partial charge in [-0.25, -0.2) is 5.01 Å². The van der Waals surface area contributed by atoms with E-state index in [1.54, 1.807) is 0 Å². The minimum atomic E-state index is -4.85. The minimum Gasteiger partial charge on any atom is -0.415 e. The Labute approximate surface area is 165 Å². The van der Waals surface area contributed by atoms with Crippen LogP contribution in [0.2, 0.25) is 0 Å². The minimum absolute atomic E-state index is 0.106. The second-order valence-electron chi connectivity index (χ2n) is 5.73. The summed E-state index contributed by atoms with van der Waals surface area (Å²) in [7, 11) is 1.18. The van der Waals surface area contributed by atoms with E-state index in [-0.39, 0.29) is 5.89 Å². The number of benzene rings is 1. The molecule has 0 saturated carbocycles. The van der Waals surface area contributed by atoms with Crippen molar-refractivity contribution in [2.75, 3.05) is 7.05 Å². The smallest absolute Gasteiger partial charge is 0.415 e. The van der Waals surface area contributed by atoms with Gasteiger partial charge in [0.25, 0.3) is 11.8 Å². The van der Waals surface area contributed by atoms with E-state index < -0.39 is 35.7 Å². The van der Waals surface area contributed by atoms with Gasteiger partial charge in [0, 0.05) is 12.6 Å². The van der Waals surface area contributed by atoms with Crippen LogP contribution in [0.1, 0.15) is 33.9 Å². The number of halogens is 5. The van der Waals surface area contributed by atoms with E-state index in [4.69, 9.17) is 4.42 Å². The fraction of sp³-hybridized carbons (Fsp3) is 0.176. The standard InChI is InChI=1S/C17H11F5N6O2/c1-28(16(29)11-6-7-23-25-12(11)17(20,21)22)24-8-9-2-4-10(5-3-9)14-26-27-15(30-14)13(18)19/h2-8,13H,1H3/b24-8+. The van der Waals surface area contributed by atoms with Crippen molar-refractivity contribution in [1.29, 1.82) is 0 Å². The molecule has 0 atom stereocenters. The number of carbonyl (C=O) groups excluding carboxylic acids is 1. The Kier molecular flexibility index (Phi) is 5.80. The van der Waals surface area contributed by atoms with Crippen LogP contribution in [0.3, 0.4) is 0 Å². The van der Waals surface area contributed by atoms with E-state index in [9.17, 15) is 26.7 Å². The first-order valence-corrected chi connectivity index (χ1v) is 8.09. The molecule has 13 heteroatoms. The molecule has 0 aliphatic heterocycles. The Balaban J connectivity index is 1.73. The van der Waals surface area contributed by atoms with Crippen LogP contribution < -0.4 is 0 Å². The van der Waals surface area contributed by atoms with Crippen LogP contribution in [0.15, 0.2) is 46.0 Å². The molecule has 0 radical (unpaired) electrons. The molecule has 1 amide bonds. The maximum absolute atomic E-state index is 13.0. The zero-order valence-corrected chi connectivity index (χ0v) is 15.0. The van der Waals surface area contributed by atoms with Gasteiger partial charge >= 0.3 is 12.6 Å². The Bertz CT molecular complexity index is 1070. The molecule has 30 heavy (non-hydrogen) atoms. The largest absolute Gasteiger partial charge is 0.435 e. The highest BCUT2D eigenvalue weighted by atomic mass is 19.4. The van der Waals surface area contributed by atoms with Gasteiger partial charge in [0.2, 0.25) is 5.89 Å². The summed E-state index contributed by atoms with van der Waals surface area (Å²) in [5.41, 5.74) is -1.27. The lowest BCUT2D eigenvalue weighted by Crippen LogP contribution is -2.26. The van der Waals surface area contributed by atoms with Crippen molar-refractivity contribution in [3.8, 4) is 11.5 Å². The van der Waals surface area contributed by atoms with E-state index in [1.165, 1.54) is 37.5 Å². The average Bonchev–Trinajstić information content (AvgIpc) is 3.22. The third-order valence-electron chi connectivity index (χ3n) is 3.68. The molecule has 0 fully saturated rings. The molecule has 3 aromatic rings. The van der Waals surface area contributed by atoms with E-state index >= 15 is 0 Å². The zero-order valence-electron chi connectivity index (χ0n) is 15.0. The fourth-order valence-electron chi connectivity index (χ4n) is 2.24. The van der Waals surface area contributed by atoms with E-state index in [1.807, 2.05) is 0 Å². The monoisotopic (exact) mass is 426 g/mol. The summed E-state index contributed by atoms with van der Waals surface area (Å²) in [6, 6.07) is 6.90. The summed E-state index contributed by atoms with van der Waals surface area (Å²) in [5, 5.41) is 17.4. The maximum Gasteiger partial charge on any atom is 0.435 e. The van der Waals surface area contributed by atoms with Gasteiger partial charge in [-0.3, -0.25) is 4.79 Å².